The van der Waals surface area contributed by atoms with E-state index in [1.807, 2.05) is 53.8 Å². The molecule has 0 bridgehead atoms. The number of piperazine rings is 1. The minimum atomic E-state index is -0.821. The van der Waals surface area contributed by atoms with Crippen LogP contribution in [0.25, 0.3) is 5.69 Å². The Kier molecular flexibility index (Phi) is 6.53. The van der Waals surface area contributed by atoms with Crippen molar-refractivity contribution in [1.29, 1.82) is 0 Å². The van der Waals surface area contributed by atoms with Crippen molar-refractivity contribution in [3.8, 4) is 11.4 Å². The average Bonchev–Trinajstić information content (AvgIpc) is 3.08. The number of hydrogen-bond donors (Lipinski definition) is 2. The number of aliphatic hydroxyl groups is 1. The SMILES string of the molecule is Cc1nn(-c2ccccc2)c(C)c1C1C(=O)NCCN1CC(O)COc1ccc(F)cc1. The number of aromatic nitrogens is 2. The minimum Gasteiger partial charge on any atom is -0.491 e. The number of aryl methyl sites for hydroxylation is 1. The van der Waals surface area contributed by atoms with E-state index in [0.717, 1.165) is 22.6 Å². The van der Waals surface area contributed by atoms with Gasteiger partial charge in [0.05, 0.1) is 11.4 Å². The number of benzene rings is 2. The van der Waals surface area contributed by atoms with E-state index < -0.39 is 12.1 Å². The number of ether oxygens (including phenoxy) is 1. The van der Waals surface area contributed by atoms with Crippen molar-refractivity contribution in [2.45, 2.75) is 26.0 Å². The summed E-state index contributed by atoms with van der Waals surface area (Å²) in [6.07, 6.45) is -0.821. The maximum atomic E-state index is 13.1. The molecular formula is C24H27FN4O3. The second-order valence-corrected chi connectivity index (χ2v) is 7.94. The fourth-order valence-corrected chi connectivity index (χ4v) is 4.14. The molecule has 3 aromatic rings. The molecule has 2 heterocycles. The lowest BCUT2D eigenvalue weighted by atomic mass is 10.00. The normalized spacial score (nSPS) is 17.8. The molecule has 1 aliphatic heterocycles. The highest BCUT2D eigenvalue weighted by atomic mass is 19.1. The fourth-order valence-electron chi connectivity index (χ4n) is 4.14. The lowest BCUT2D eigenvalue weighted by molar-refractivity contribution is -0.130. The largest absolute Gasteiger partial charge is 0.491 e. The first-order valence-corrected chi connectivity index (χ1v) is 10.6. The molecule has 1 amide bonds. The maximum absolute atomic E-state index is 13.1. The molecule has 7 nitrogen and oxygen atoms in total. The van der Waals surface area contributed by atoms with Gasteiger partial charge in [-0.2, -0.15) is 5.10 Å². The van der Waals surface area contributed by atoms with E-state index in [1.165, 1.54) is 24.3 Å². The highest BCUT2D eigenvalue weighted by Crippen LogP contribution is 2.30. The molecule has 4 rings (SSSR count). The molecule has 2 aromatic carbocycles. The molecule has 0 spiro atoms. The van der Waals surface area contributed by atoms with Crippen LogP contribution >= 0.6 is 0 Å². The van der Waals surface area contributed by atoms with Crippen LogP contribution in [0.1, 0.15) is 23.0 Å². The van der Waals surface area contributed by atoms with Gasteiger partial charge in [-0.05, 0) is 50.2 Å². The number of hydrogen-bond acceptors (Lipinski definition) is 5. The highest BCUT2D eigenvalue weighted by molar-refractivity contribution is 5.84. The standard InChI is InChI=1S/C24H27FN4O3/c1-16-22(17(2)29(27-16)19-6-4-3-5-7-19)23-24(31)26-12-13-28(23)14-20(30)15-32-21-10-8-18(25)9-11-21/h3-11,20,23,30H,12-15H2,1-2H3,(H,26,31). The summed E-state index contributed by atoms with van der Waals surface area (Å²) in [7, 11) is 0. The van der Waals surface area contributed by atoms with Gasteiger partial charge < -0.3 is 15.2 Å². The Balaban J connectivity index is 1.52. The van der Waals surface area contributed by atoms with Gasteiger partial charge in [0.2, 0.25) is 5.91 Å². The summed E-state index contributed by atoms with van der Waals surface area (Å²) in [4.78, 5) is 14.9. The number of para-hydroxylation sites is 1. The Bertz CT molecular complexity index is 1070. The lowest BCUT2D eigenvalue weighted by Crippen LogP contribution is -2.52. The molecular weight excluding hydrogens is 411 g/mol. The topological polar surface area (TPSA) is 79.6 Å². The van der Waals surface area contributed by atoms with Crippen molar-refractivity contribution in [3.63, 3.8) is 0 Å². The van der Waals surface area contributed by atoms with Crippen molar-refractivity contribution in [2.75, 3.05) is 26.2 Å². The molecule has 168 valence electrons. The lowest BCUT2D eigenvalue weighted by Gasteiger charge is -2.36. The van der Waals surface area contributed by atoms with Crippen LogP contribution in [0.2, 0.25) is 0 Å². The molecule has 8 heteroatoms. The third kappa shape index (κ3) is 4.66. The van der Waals surface area contributed by atoms with Crippen LogP contribution in [0.4, 0.5) is 4.39 Å². The molecule has 1 aliphatic rings. The van der Waals surface area contributed by atoms with Crippen molar-refractivity contribution >= 4 is 5.91 Å². The Hall–Kier alpha value is -3.23. The van der Waals surface area contributed by atoms with Crippen molar-refractivity contribution in [3.05, 3.63) is 77.4 Å². The van der Waals surface area contributed by atoms with Gasteiger partial charge >= 0.3 is 0 Å². The molecule has 2 unspecified atom stereocenters. The first-order chi connectivity index (χ1) is 15.4. The van der Waals surface area contributed by atoms with Crippen molar-refractivity contribution in [1.82, 2.24) is 20.0 Å². The zero-order valence-corrected chi connectivity index (χ0v) is 18.2. The quantitative estimate of drug-likeness (QED) is 0.593. The first-order valence-electron chi connectivity index (χ1n) is 10.6. The van der Waals surface area contributed by atoms with Crippen LogP contribution in [0.5, 0.6) is 5.75 Å². The Morgan fingerprint density at radius 2 is 1.91 bits per heavy atom. The predicted octanol–water partition coefficient (Wildman–Crippen LogP) is 2.54. The van der Waals surface area contributed by atoms with E-state index in [-0.39, 0.29) is 24.9 Å². The number of aliphatic hydroxyl groups excluding tert-OH is 1. The van der Waals surface area contributed by atoms with Gasteiger partial charge in [-0.3, -0.25) is 9.69 Å². The number of carbonyl (C=O) groups is 1. The molecule has 1 fully saturated rings. The number of nitrogens with one attached hydrogen (secondary N) is 1. The second-order valence-electron chi connectivity index (χ2n) is 7.94. The smallest absolute Gasteiger partial charge is 0.242 e. The molecule has 1 aromatic heterocycles. The summed E-state index contributed by atoms with van der Waals surface area (Å²) in [6.45, 7) is 5.25. The summed E-state index contributed by atoms with van der Waals surface area (Å²) < 4.78 is 20.5. The molecule has 0 radical (unpaired) electrons. The molecule has 32 heavy (non-hydrogen) atoms. The maximum Gasteiger partial charge on any atom is 0.242 e. The van der Waals surface area contributed by atoms with Gasteiger partial charge in [-0.15, -0.1) is 0 Å². The van der Waals surface area contributed by atoms with Crippen LogP contribution in [-0.4, -0.2) is 58.0 Å². The second kappa shape index (κ2) is 9.50. The highest BCUT2D eigenvalue weighted by Gasteiger charge is 2.36. The Labute approximate surface area is 186 Å². The van der Waals surface area contributed by atoms with Gasteiger partial charge in [0.1, 0.15) is 30.3 Å². The Morgan fingerprint density at radius 1 is 1.19 bits per heavy atom. The van der Waals surface area contributed by atoms with Crippen LogP contribution in [0.3, 0.4) is 0 Å². The van der Waals surface area contributed by atoms with Crippen molar-refractivity contribution < 1.29 is 19.0 Å². The summed E-state index contributed by atoms with van der Waals surface area (Å²) in [5.74, 6) is 0.0257. The van der Waals surface area contributed by atoms with Crippen LogP contribution in [-0.2, 0) is 4.79 Å². The average molecular weight is 439 g/mol. The van der Waals surface area contributed by atoms with Crippen LogP contribution in [0, 0.1) is 19.7 Å². The van der Waals surface area contributed by atoms with E-state index in [4.69, 9.17) is 4.74 Å². The summed E-state index contributed by atoms with van der Waals surface area (Å²) in [6, 6.07) is 14.9. The van der Waals surface area contributed by atoms with Gasteiger partial charge in [0.25, 0.3) is 0 Å². The van der Waals surface area contributed by atoms with Gasteiger partial charge in [-0.25, -0.2) is 9.07 Å². The van der Waals surface area contributed by atoms with E-state index in [9.17, 15) is 14.3 Å². The molecule has 0 aliphatic carbocycles. The zero-order valence-electron chi connectivity index (χ0n) is 18.2. The van der Waals surface area contributed by atoms with Gasteiger partial charge in [0, 0.05) is 30.9 Å². The zero-order chi connectivity index (χ0) is 22.7. The number of β-amino-alcohol motifs (C(OH)–C–C–N with tert-alkyl or cyclic N) is 1. The third-order valence-corrected chi connectivity index (χ3v) is 5.63. The van der Waals surface area contributed by atoms with E-state index in [2.05, 4.69) is 10.4 Å². The number of carbonyl (C=O) groups excluding carboxylic acids is 1. The van der Waals surface area contributed by atoms with Gasteiger partial charge in [-0.1, -0.05) is 18.2 Å². The summed E-state index contributed by atoms with van der Waals surface area (Å²) in [5, 5.41) is 18.2. The van der Waals surface area contributed by atoms with Crippen LogP contribution < -0.4 is 10.1 Å². The van der Waals surface area contributed by atoms with E-state index in [1.54, 1.807) is 0 Å². The molecule has 2 atom stereocenters. The third-order valence-electron chi connectivity index (χ3n) is 5.63. The van der Waals surface area contributed by atoms with Gasteiger partial charge in [0.15, 0.2) is 0 Å². The first kappa shape index (κ1) is 22.0. The molecule has 1 saturated heterocycles. The van der Waals surface area contributed by atoms with E-state index >= 15 is 0 Å². The molecule has 2 N–H and O–H groups in total. The van der Waals surface area contributed by atoms with Crippen LogP contribution in [0.15, 0.2) is 54.6 Å². The fraction of sp³-hybridized carbons (Fsp3) is 0.333. The monoisotopic (exact) mass is 438 g/mol. The van der Waals surface area contributed by atoms with Crippen molar-refractivity contribution in [2.24, 2.45) is 0 Å². The predicted molar refractivity (Wildman–Crippen MR) is 118 cm³/mol. The summed E-state index contributed by atoms with van der Waals surface area (Å²) >= 11 is 0. The Morgan fingerprint density at radius 3 is 2.62 bits per heavy atom. The number of rotatable bonds is 7. The number of nitrogens with zero attached hydrogens (tertiary/aromatic N) is 3. The number of halogens is 1. The van der Waals surface area contributed by atoms with E-state index in [0.29, 0.717) is 18.8 Å². The minimum absolute atomic E-state index is 0.0394. The summed E-state index contributed by atoms with van der Waals surface area (Å²) in [5.41, 5.74) is 3.43. The number of amides is 1. The molecule has 0 saturated carbocycles.